The van der Waals surface area contributed by atoms with Crippen LogP contribution >= 0.6 is 0 Å². The van der Waals surface area contributed by atoms with E-state index in [-0.39, 0.29) is 68.9 Å². The normalized spacial score (nSPS) is 6.00. The minimum atomic E-state index is -0.500. The monoisotopic (exact) mass is 256 g/mol. The summed E-state index contributed by atoms with van der Waals surface area (Å²) in [6.07, 6.45) is 0. The van der Waals surface area contributed by atoms with Crippen molar-refractivity contribution in [1.29, 1.82) is 0 Å². The second-order valence-electron chi connectivity index (χ2n) is 1.25. The molecule has 0 unspecified atom stereocenters. The summed E-state index contributed by atoms with van der Waals surface area (Å²) >= 11 is 0. The van der Waals surface area contributed by atoms with Crippen LogP contribution in [0.1, 0.15) is 0 Å². The second kappa shape index (κ2) is 12.4. The predicted molar refractivity (Wildman–Crippen MR) is 32.5 cm³/mol. The van der Waals surface area contributed by atoms with Crippen molar-refractivity contribution in [2.75, 3.05) is 0 Å². The standard InChI is InChI=1S/C6H6.CH2O2.Cs/c1-2-4-6-5-3-1;2-1-3;/h1-6H;1H,(H,2,3);/q;;+1/p-1. The molecule has 0 aliphatic heterocycles. The molecule has 0 saturated carbocycles. The zero-order valence-electron chi connectivity index (χ0n) is 5.86. The average Bonchev–Trinajstić information content (AvgIpc) is 1.93. The van der Waals surface area contributed by atoms with Crippen molar-refractivity contribution in [3.05, 3.63) is 36.4 Å². The Morgan fingerprint density at radius 2 is 1.00 bits per heavy atom. The molecule has 0 bridgehead atoms. The molecular weight excluding hydrogens is 249 g/mol. The fourth-order valence-electron chi connectivity index (χ4n) is 0.385. The average molecular weight is 256 g/mol. The van der Waals surface area contributed by atoms with E-state index in [9.17, 15) is 0 Å². The zero-order valence-corrected chi connectivity index (χ0v) is 12.1. The van der Waals surface area contributed by atoms with E-state index in [0.29, 0.717) is 0 Å². The Kier molecular flexibility index (Phi) is 16.6. The smallest absolute Gasteiger partial charge is 0.554 e. The summed E-state index contributed by atoms with van der Waals surface area (Å²) in [7, 11) is 0. The van der Waals surface area contributed by atoms with Gasteiger partial charge >= 0.3 is 68.9 Å². The topological polar surface area (TPSA) is 40.1 Å². The van der Waals surface area contributed by atoms with Crippen molar-refractivity contribution < 1.29 is 78.8 Å². The van der Waals surface area contributed by atoms with E-state index < -0.39 is 6.47 Å². The maximum atomic E-state index is 8.25. The van der Waals surface area contributed by atoms with Gasteiger partial charge in [-0.3, -0.25) is 0 Å². The Morgan fingerprint density at radius 1 is 0.900 bits per heavy atom. The number of benzene rings is 1. The molecule has 48 valence electrons. The Bertz CT molecular complexity index is 115. The molecule has 3 heteroatoms. The molecule has 0 radical (unpaired) electrons. The van der Waals surface area contributed by atoms with Crippen molar-refractivity contribution in [2.45, 2.75) is 0 Å². The van der Waals surface area contributed by atoms with Gasteiger partial charge in [-0.05, 0) is 0 Å². The van der Waals surface area contributed by atoms with Gasteiger partial charge in [0.15, 0.2) is 0 Å². The number of hydrogen-bond acceptors (Lipinski definition) is 2. The van der Waals surface area contributed by atoms with Crippen molar-refractivity contribution in [3.8, 4) is 0 Å². The van der Waals surface area contributed by atoms with Crippen LogP contribution in [0.2, 0.25) is 0 Å². The van der Waals surface area contributed by atoms with Crippen LogP contribution in [-0.2, 0) is 4.79 Å². The SMILES string of the molecule is O=C[O-].[Cs+].c1ccccc1. The number of hydrogen-bond donors (Lipinski definition) is 0. The summed E-state index contributed by atoms with van der Waals surface area (Å²) in [6.45, 7) is -0.500. The maximum Gasteiger partial charge on any atom is 1.00 e. The van der Waals surface area contributed by atoms with Crippen LogP contribution in [-0.4, -0.2) is 6.47 Å². The largest absolute Gasteiger partial charge is 1.00 e. The molecule has 0 amide bonds. The second-order valence-corrected chi connectivity index (χ2v) is 1.25. The third-order valence-electron chi connectivity index (χ3n) is 0.667. The molecule has 10 heavy (non-hydrogen) atoms. The van der Waals surface area contributed by atoms with Crippen LogP contribution in [0.5, 0.6) is 0 Å². The Labute approximate surface area is 119 Å². The van der Waals surface area contributed by atoms with Crippen LogP contribution < -0.4 is 74.0 Å². The summed E-state index contributed by atoms with van der Waals surface area (Å²) < 4.78 is 0. The van der Waals surface area contributed by atoms with Crippen LogP contribution in [0, 0.1) is 0 Å². The van der Waals surface area contributed by atoms with Crippen molar-refractivity contribution in [1.82, 2.24) is 0 Å². The number of carboxylic acid groups (broad SMARTS) is 1. The Balaban J connectivity index is 0. The van der Waals surface area contributed by atoms with E-state index in [2.05, 4.69) is 0 Å². The van der Waals surface area contributed by atoms with Crippen LogP contribution in [0.25, 0.3) is 0 Å². The first-order valence-electron chi connectivity index (χ1n) is 2.47. The van der Waals surface area contributed by atoms with E-state index in [1.165, 1.54) is 0 Å². The van der Waals surface area contributed by atoms with Gasteiger partial charge in [-0.1, -0.05) is 36.4 Å². The molecule has 0 heterocycles. The maximum absolute atomic E-state index is 8.25. The first kappa shape index (κ1) is 13.3. The molecular formula is C7H7CsO2. The molecule has 0 aliphatic rings. The van der Waals surface area contributed by atoms with Crippen molar-refractivity contribution in [2.24, 2.45) is 0 Å². The number of carbonyl (C=O) groups excluding carboxylic acids is 1. The minimum Gasteiger partial charge on any atom is -0.554 e. The molecule has 0 atom stereocenters. The molecule has 2 nitrogen and oxygen atoms in total. The van der Waals surface area contributed by atoms with Crippen LogP contribution in [0.4, 0.5) is 0 Å². The van der Waals surface area contributed by atoms with Gasteiger partial charge in [-0.15, -0.1) is 0 Å². The summed E-state index contributed by atoms with van der Waals surface area (Å²) in [5, 5.41) is 8.25. The summed E-state index contributed by atoms with van der Waals surface area (Å²) in [4.78, 5) is 8.25. The molecule has 0 aromatic heterocycles. The van der Waals surface area contributed by atoms with E-state index in [0.717, 1.165) is 0 Å². The minimum absolute atomic E-state index is 0. The fraction of sp³-hybridized carbons (Fsp3) is 0. The van der Waals surface area contributed by atoms with Crippen molar-refractivity contribution in [3.63, 3.8) is 0 Å². The van der Waals surface area contributed by atoms with Crippen LogP contribution in [0.3, 0.4) is 0 Å². The van der Waals surface area contributed by atoms with Gasteiger partial charge in [0.05, 0.1) is 0 Å². The van der Waals surface area contributed by atoms with Gasteiger partial charge in [-0.25, -0.2) is 0 Å². The van der Waals surface area contributed by atoms with Gasteiger partial charge in [0.1, 0.15) is 0 Å². The first-order valence-corrected chi connectivity index (χ1v) is 2.47. The van der Waals surface area contributed by atoms with Crippen LogP contribution in [0.15, 0.2) is 36.4 Å². The molecule has 0 N–H and O–H groups in total. The van der Waals surface area contributed by atoms with Gasteiger partial charge in [0.25, 0.3) is 0 Å². The first-order chi connectivity index (χ1) is 4.41. The van der Waals surface area contributed by atoms with E-state index in [1.807, 2.05) is 36.4 Å². The summed E-state index contributed by atoms with van der Waals surface area (Å²) in [5.74, 6) is 0. The summed E-state index contributed by atoms with van der Waals surface area (Å²) in [6, 6.07) is 12.0. The third kappa shape index (κ3) is 11.5. The zero-order chi connectivity index (χ0) is 6.95. The van der Waals surface area contributed by atoms with Gasteiger partial charge in [0, 0.05) is 6.47 Å². The number of carbonyl (C=O) groups is 1. The molecule has 0 spiro atoms. The van der Waals surface area contributed by atoms with Gasteiger partial charge < -0.3 is 9.90 Å². The summed E-state index contributed by atoms with van der Waals surface area (Å²) in [5.41, 5.74) is 0. The molecule has 1 rings (SSSR count). The molecule has 0 aliphatic carbocycles. The Morgan fingerprint density at radius 3 is 1.10 bits per heavy atom. The van der Waals surface area contributed by atoms with Gasteiger partial charge in [-0.2, -0.15) is 0 Å². The van der Waals surface area contributed by atoms with E-state index in [1.54, 1.807) is 0 Å². The predicted octanol–water partition coefficient (Wildman–Crippen LogP) is -2.94. The van der Waals surface area contributed by atoms with Crippen molar-refractivity contribution >= 4 is 6.47 Å². The quantitative estimate of drug-likeness (QED) is 0.466. The molecule has 1 aromatic carbocycles. The van der Waals surface area contributed by atoms with E-state index >= 15 is 0 Å². The molecule has 1 aromatic rings. The molecule has 0 fully saturated rings. The Hall–Kier alpha value is 0.742. The number of rotatable bonds is 0. The third-order valence-corrected chi connectivity index (χ3v) is 0.667. The van der Waals surface area contributed by atoms with E-state index in [4.69, 9.17) is 9.90 Å². The fourth-order valence-corrected chi connectivity index (χ4v) is 0.385. The molecule has 0 saturated heterocycles. The van der Waals surface area contributed by atoms with Gasteiger partial charge in [0.2, 0.25) is 0 Å².